The Hall–Kier alpha value is -3.12. The molecular weight excluding hydrogens is 384 g/mol. The van der Waals surface area contributed by atoms with Crippen LogP contribution < -0.4 is 14.8 Å². The molecule has 1 amide bonds. The lowest BCUT2D eigenvalue weighted by Gasteiger charge is -2.16. The first-order valence-corrected chi connectivity index (χ1v) is 10.2. The number of para-hydroxylation sites is 2. The van der Waals surface area contributed by atoms with Crippen molar-refractivity contribution in [3.8, 4) is 11.5 Å². The van der Waals surface area contributed by atoms with Gasteiger partial charge in [-0.05, 0) is 32.1 Å². The average Bonchev–Trinajstić information content (AvgIpc) is 3.16. The van der Waals surface area contributed by atoms with Crippen molar-refractivity contribution in [3.05, 3.63) is 81.8 Å². The molecule has 5 nitrogen and oxygen atoms in total. The topological polar surface area (TPSA) is 60.5 Å². The Morgan fingerprint density at radius 3 is 2.62 bits per heavy atom. The molecule has 2 aromatic carbocycles. The van der Waals surface area contributed by atoms with Gasteiger partial charge in [0.2, 0.25) is 5.91 Å². The number of rotatable bonds is 8. The number of nitrogens with zero attached hydrogens (tertiary/aromatic N) is 1. The zero-order valence-electron chi connectivity index (χ0n) is 16.7. The molecule has 0 fully saturated rings. The number of ether oxygens (including phenoxy) is 2. The van der Waals surface area contributed by atoms with Crippen LogP contribution in [0.2, 0.25) is 0 Å². The highest BCUT2D eigenvalue weighted by Crippen LogP contribution is 2.24. The second kappa shape index (κ2) is 9.89. The Morgan fingerprint density at radius 1 is 1.17 bits per heavy atom. The minimum atomic E-state index is -0.187. The minimum absolute atomic E-state index is 0.178. The van der Waals surface area contributed by atoms with Crippen LogP contribution in [0, 0.1) is 6.92 Å². The van der Waals surface area contributed by atoms with E-state index in [1.807, 2.05) is 67.8 Å². The third kappa shape index (κ3) is 5.68. The Bertz CT molecular complexity index is 997. The summed E-state index contributed by atoms with van der Waals surface area (Å²) in [4.78, 5) is 16.8. The van der Waals surface area contributed by atoms with Gasteiger partial charge < -0.3 is 14.8 Å². The van der Waals surface area contributed by atoms with Gasteiger partial charge in [0.15, 0.2) is 0 Å². The summed E-state index contributed by atoms with van der Waals surface area (Å²) in [7, 11) is 1.62. The first kappa shape index (κ1) is 20.6. The number of nitrogens with one attached hydrogen (secondary N) is 1. The second-order valence-corrected chi connectivity index (χ2v) is 7.55. The van der Waals surface area contributed by atoms with E-state index in [1.165, 1.54) is 6.08 Å². The minimum Gasteiger partial charge on any atom is -0.496 e. The van der Waals surface area contributed by atoms with Crippen LogP contribution in [0.15, 0.2) is 60.0 Å². The van der Waals surface area contributed by atoms with Crippen molar-refractivity contribution in [3.63, 3.8) is 0 Å². The molecule has 3 rings (SSSR count). The molecule has 0 aliphatic heterocycles. The van der Waals surface area contributed by atoms with Gasteiger partial charge in [0.1, 0.15) is 18.1 Å². The molecule has 0 radical (unpaired) electrons. The lowest BCUT2D eigenvalue weighted by Crippen LogP contribution is -2.24. The third-order valence-electron chi connectivity index (χ3n) is 4.34. The van der Waals surface area contributed by atoms with E-state index < -0.39 is 0 Å². The van der Waals surface area contributed by atoms with Gasteiger partial charge in [-0.25, -0.2) is 4.98 Å². The average molecular weight is 409 g/mol. The van der Waals surface area contributed by atoms with Crippen LogP contribution in [-0.4, -0.2) is 18.0 Å². The molecule has 1 unspecified atom stereocenters. The quantitative estimate of drug-likeness (QED) is 0.537. The summed E-state index contributed by atoms with van der Waals surface area (Å²) in [6.07, 6.45) is 3.27. The fraction of sp³-hybridized carbons (Fsp3) is 0.217. The molecule has 0 spiro atoms. The van der Waals surface area contributed by atoms with Gasteiger partial charge >= 0.3 is 0 Å². The maximum absolute atomic E-state index is 12.4. The molecule has 6 heteroatoms. The van der Waals surface area contributed by atoms with Gasteiger partial charge in [0.05, 0.1) is 23.9 Å². The van der Waals surface area contributed by atoms with Crippen molar-refractivity contribution in [1.29, 1.82) is 0 Å². The van der Waals surface area contributed by atoms with E-state index in [0.29, 0.717) is 12.4 Å². The number of aromatic nitrogens is 1. The Kier molecular flexibility index (Phi) is 7.03. The van der Waals surface area contributed by atoms with E-state index in [-0.39, 0.29) is 11.9 Å². The predicted octanol–water partition coefficient (Wildman–Crippen LogP) is 4.93. The molecule has 29 heavy (non-hydrogen) atoms. The number of amides is 1. The van der Waals surface area contributed by atoms with Crippen LogP contribution in [0.4, 0.5) is 0 Å². The molecule has 3 aromatic rings. The number of thiazole rings is 1. The summed E-state index contributed by atoms with van der Waals surface area (Å²) in [5.74, 6) is 1.27. The fourth-order valence-electron chi connectivity index (χ4n) is 2.90. The van der Waals surface area contributed by atoms with Gasteiger partial charge in [-0.15, -0.1) is 11.3 Å². The Morgan fingerprint density at radius 2 is 1.90 bits per heavy atom. The molecule has 0 aliphatic rings. The summed E-state index contributed by atoms with van der Waals surface area (Å²) in [5, 5.41) is 5.96. The number of hydrogen-bond donors (Lipinski definition) is 1. The highest BCUT2D eigenvalue weighted by atomic mass is 32.1. The molecular formula is C23H24N2O3S. The number of methoxy groups -OCH3 is 1. The molecule has 150 valence electrons. The normalized spacial score (nSPS) is 12.0. The molecule has 0 aliphatic carbocycles. The summed E-state index contributed by atoms with van der Waals surface area (Å²) in [6.45, 7) is 4.29. The number of carbonyl (C=O) groups is 1. The van der Waals surface area contributed by atoms with Gasteiger partial charge in [-0.1, -0.05) is 36.4 Å². The standard InChI is InChI=1S/C23H24N2O3S/c1-16(20-9-5-7-11-22(20)27-3)24-23(26)13-12-18-8-4-6-10-21(18)28-14-19-15-29-17(2)25-19/h4-13,15-16H,14H2,1-3H3,(H,24,26)/b13-12+. The van der Waals surface area contributed by atoms with E-state index in [9.17, 15) is 4.79 Å². The molecule has 0 saturated heterocycles. The van der Waals surface area contributed by atoms with E-state index in [4.69, 9.17) is 9.47 Å². The lowest BCUT2D eigenvalue weighted by atomic mass is 10.1. The summed E-state index contributed by atoms with van der Waals surface area (Å²) < 4.78 is 11.3. The number of aryl methyl sites for hydroxylation is 1. The molecule has 1 atom stereocenters. The number of hydrogen-bond acceptors (Lipinski definition) is 5. The highest BCUT2D eigenvalue weighted by Gasteiger charge is 2.12. The van der Waals surface area contributed by atoms with Crippen molar-refractivity contribution >= 4 is 23.3 Å². The summed E-state index contributed by atoms with van der Waals surface area (Å²) in [6, 6.07) is 15.1. The van der Waals surface area contributed by atoms with Crippen LogP contribution in [0.5, 0.6) is 11.5 Å². The summed E-state index contributed by atoms with van der Waals surface area (Å²) in [5.41, 5.74) is 2.66. The maximum Gasteiger partial charge on any atom is 0.244 e. The molecule has 1 heterocycles. The summed E-state index contributed by atoms with van der Waals surface area (Å²) >= 11 is 1.60. The molecule has 0 bridgehead atoms. The Labute approximate surface area is 175 Å². The fourth-order valence-corrected chi connectivity index (χ4v) is 3.50. The van der Waals surface area contributed by atoms with E-state index >= 15 is 0 Å². The van der Waals surface area contributed by atoms with Crippen LogP contribution in [0.25, 0.3) is 6.08 Å². The first-order valence-electron chi connectivity index (χ1n) is 9.31. The maximum atomic E-state index is 12.4. The van der Waals surface area contributed by atoms with Crippen molar-refractivity contribution in [1.82, 2.24) is 10.3 Å². The Balaban J connectivity index is 1.64. The molecule has 0 saturated carbocycles. The van der Waals surface area contributed by atoms with Gasteiger partial charge in [0, 0.05) is 22.6 Å². The van der Waals surface area contributed by atoms with Crippen LogP contribution in [-0.2, 0) is 11.4 Å². The van der Waals surface area contributed by atoms with Crippen molar-refractivity contribution in [2.24, 2.45) is 0 Å². The number of benzene rings is 2. The lowest BCUT2D eigenvalue weighted by molar-refractivity contribution is -0.117. The van der Waals surface area contributed by atoms with Gasteiger partial charge in [-0.2, -0.15) is 0 Å². The van der Waals surface area contributed by atoms with E-state index in [1.54, 1.807) is 24.5 Å². The van der Waals surface area contributed by atoms with Crippen molar-refractivity contribution in [2.75, 3.05) is 7.11 Å². The van der Waals surface area contributed by atoms with Crippen LogP contribution >= 0.6 is 11.3 Å². The highest BCUT2D eigenvalue weighted by molar-refractivity contribution is 7.09. The van der Waals surface area contributed by atoms with E-state index in [0.717, 1.165) is 27.6 Å². The van der Waals surface area contributed by atoms with Crippen molar-refractivity contribution < 1.29 is 14.3 Å². The van der Waals surface area contributed by atoms with Crippen LogP contribution in [0.3, 0.4) is 0 Å². The SMILES string of the molecule is COc1ccccc1C(C)NC(=O)/C=C/c1ccccc1OCc1csc(C)n1. The van der Waals surface area contributed by atoms with Gasteiger partial charge in [-0.3, -0.25) is 4.79 Å². The third-order valence-corrected chi connectivity index (χ3v) is 5.16. The predicted molar refractivity (Wildman–Crippen MR) is 116 cm³/mol. The van der Waals surface area contributed by atoms with Crippen LogP contribution in [0.1, 0.15) is 34.8 Å². The number of carbonyl (C=O) groups excluding carboxylic acids is 1. The largest absolute Gasteiger partial charge is 0.496 e. The zero-order valence-corrected chi connectivity index (χ0v) is 17.5. The van der Waals surface area contributed by atoms with Gasteiger partial charge in [0.25, 0.3) is 0 Å². The van der Waals surface area contributed by atoms with E-state index in [2.05, 4.69) is 10.3 Å². The zero-order chi connectivity index (χ0) is 20.6. The molecule has 1 aromatic heterocycles. The second-order valence-electron chi connectivity index (χ2n) is 6.49. The smallest absolute Gasteiger partial charge is 0.244 e. The first-order chi connectivity index (χ1) is 14.1. The monoisotopic (exact) mass is 408 g/mol. The van der Waals surface area contributed by atoms with Crippen molar-refractivity contribution in [2.45, 2.75) is 26.5 Å². The molecule has 1 N–H and O–H groups in total.